The normalized spacial score (nSPS) is 11.9. The van der Waals surface area contributed by atoms with Gasteiger partial charge in [-0.3, -0.25) is 9.59 Å². The summed E-state index contributed by atoms with van der Waals surface area (Å²) in [6.45, 7) is 12.2. The van der Waals surface area contributed by atoms with Gasteiger partial charge in [0.25, 0.3) is 0 Å². The topological polar surface area (TPSA) is 94.5 Å². The third-order valence-corrected chi connectivity index (χ3v) is 9.41. The Balaban J connectivity index is 4.17. The molecule has 0 spiro atoms. The van der Waals surface area contributed by atoms with Crippen LogP contribution in [0.5, 0.6) is 0 Å². The van der Waals surface area contributed by atoms with Crippen molar-refractivity contribution in [2.24, 2.45) is 0 Å². The summed E-state index contributed by atoms with van der Waals surface area (Å²) in [5.41, 5.74) is 0. The third kappa shape index (κ3) is 39.8. The Morgan fingerprint density at radius 3 is 1.49 bits per heavy atom. The Labute approximate surface area is 327 Å². The van der Waals surface area contributed by atoms with Crippen molar-refractivity contribution in [3.8, 4) is 0 Å². The predicted octanol–water partition coefficient (Wildman–Crippen LogP) is 11.4. The lowest BCUT2D eigenvalue weighted by molar-refractivity contribution is -0.159. The van der Waals surface area contributed by atoms with Gasteiger partial charge in [-0.25, -0.2) is 0 Å². The third-order valence-electron chi connectivity index (χ3n) is 9.41. The van der Waals surface area contributed by atoms with E-state index in [4.69, 9.17) is 18.9 Å². The second-order valence-corrected chi connectivity index (χ2v) is 14.5. The molecular weight excluding hydrogens is 666 g/mol. The second kappa shape index (κ2) is 43.0. The zero-order valence-electron chi connectivity index (χ0n) is 35.0. The van der Waals surface area contributed by atoms with Crippen molar-refractivity contribution in [3.63, 3.8) is 0 Å². The minimum Gasteiger partial charge on any atom is -0.466 e. The maximum atomic E-state index is 12.5. The molecule has 53 heavy (non-hydrogen) atoms. The quantitative estimate of drug-likeness (QED) is 0.0285. The van der Waals surface area contributed by atoms with Crippen LogP contribution in [0.1, 0.15) is 194 Å². The number of carbonyl (C=O) groups excluding carboxylic acids is 2. The number of aliphatic hydroxyl groups excluding tert-OH is 1. The molecule has 0 heterocycles. The highest BCUT2D eigenvalue weighted by molar-refractivity contribution is 5.69. The first kappa shape index (κ1) is 51.3. The summed E-state index contributed by atoms with van der Waals surface area (Å²) in [4.78, 5) is 27.1. The van der Waals surface area contributed by atoms with Crippen LogP contribution in [-0.4, -0.2) is 80.9 Å². The lowest BCUT2D eigenvalue weighted by Crippen LogP contribution is -2.27. The minimum atomic E-state index is -0.360. The van der Waals surface area contributed by atoms with E-state index in [1.54, 1.807) is 0 Å². The molecule has 0 aliphatic heterocycles. The van der Waals surface area contributed by atoms with Crippen LogP contribution in [0.2, 0.25) is 0 Å². The summed E-state index contributed by atoms with van der Waals surface area (Å²) in [5, 5.41) is 9.24. The number of ether oxygens (including phenoxy) is 4. The first-order valence-corrected chi connectivity index (χ1v) is 22.2. The number of unbranched alkanes of at least 4 members (excludes halogenated alkanes) is 16. The van der Waals surface area contributed by atoms with Crippen LogP contribution < -0.4 is 0 Å². The summed E-state index contributed by atoms with van der Waals surface area (Å²) >= 11 is 0. The van der Waals surface area contributed by atoms with E-state index >= 15 is 0 Å². The standard InChI is InChI=1S/C45H85NO7/c1-4-7-10-13-16-20-28-39-50-43(48)32-23-22-25-36-46(37-26-27-38-47)35-24-17-21-29-40-51-44(49)33-34-45(52-41-30-18-14-11-8-5-2)53-42-31-19-15-12-9-6-3/h8-9,11-12,45,47H,4-7,10,13-42H2,1-3H3/b11-8-,12-9-. The molecule has 0 aromatic rings. The van der Waals surface area contributed by atoms with Gasteiger partial charge in [0, 0.05) is 32.7 Å². The molecule has 0 aliphatic carbocycles. The van der Waals surface area contributed by atoms with Crippen LogP contribution in [0.4, 0.5) is 0 Å². The molecule has 0 aliphatic rings. The van der Waals surface area contributed by atoms with E-state index in [0.29, 0.717) is 45.7 Å². The van der Waals surface area contributed by atoms with Crippen molar-refractivity contribution in [1.82, 2.24) is 4.90 Å². The SMILES string of the molecule is CC/C=C\CCCCOC(CCC(=O)OCCCCCCN(CCCCO)CCCCCC(=O)OCCCCCCCCC)OCCCC/C=C\CC. The highest BCUT2D eigenvalue weighted by Gasteiger charge is 2.14. The molecule has 0 fully saturated rings. The molecule has 0 radical (unpaired) electrons. The van der Waals surface area contributed by atoms with Crippen molar-refractivity contribution in [1.29, 1.82) is 0 Å². The first-order valence-electron chi connectivity index (χ1n) is 22.2. The van der Waals surface area contributed by atoms with Gasteiger partial charge in [0.1, 0.15) is 0 Å². The Bertz CT molecular complexity index is 810. The Hall–Kier alpha value is -1.74. The molecule has 0 aromatic heterocycles. The number of rotatable bonds is 42. The van der Waals surface area contributed by atoms with Gasteiger partial charge in [0.05, 0.1) is 19.6 Å². The van der Waals surface area contributed by atoms with Crippen molar-refractivity contribution in [3.05, 3.63) is 24.3 Å². The molecule has 8 nitrogen and oxygen atoms in total. The van der Waals surface area contributed by atoms with Gasteiger partial charge in [0.15, 0.2) is 6.29 Å². The largest absolute Gasteiger partial charge is 0.466 e. The maximum absolute atomic E-state index is 12.5. The molecule has 0 rings (SSSR count). The molecule has 0 amide bonds. The van der Waals surface area contributed by atoms with Gasteiger partial charge in [-0.15, -0.1) is 0 Å². The van der Waals surface area contributed by atoms with Crippen molar-refractivity contribution >= 4 is 11.9 Å². The first-order chi connectivity index (χ1) is 26.1. The van der Waals surface area contributed by atoms with Crippen LogP contribution in [0.25, 0.3) is 0 Å². The van der Waals surface area contributed by atoms with E-state index in [9.17, 15) is 14.7 Å². The molecule has 0 saturated heterocycles. The lowest BCUT2D eigenvalue weighted by atomic mass is 10.1. The van der Waals surface area contributed by atoms with Crippen LogP contribution in [0, 0.1) is 0 Å². The van der Waals surface area contributed by atoms with E-state index in [0.717, 1.165) is 142 Å². The van der Waals surface area contributed by atoms with Crippen molar-refractivity contribution in [2.45, 2.75) is 200 Å². The van der Waals surface area contributed by atoms with Gasteiger partial charge >= 0.3 is 11.9 Å². The molecular formula is C45H85NO7. The molecule has 0 bridgehead atoms. The maximum Gasteiger partial charge on any atom is 0.305 e. The second-order valence-electron chi connectivity index (χ2n) is 14.5. The number of allylic oxidation sites excluding steroid dienone is 4. The number of hydrogen-bond acceptors (Lipinski definition) is 8. The molecule has 0 unspecified atom stereocenters. The van der Waals surface area contributed by atoms with Gasteiger partial charge in [0.2, 0.25) is 0 Å². The average molecular weight is 752 g/mol. The van der Waals surface area contributed by atoms with Gasteiger partial charge < -0.3 is 29.0 Å². The van der Waals surface area contributed by atoms with Gasteiger partial charge in [-0.1, -0.05) is 103 Å². The van der Waals surface area contributed by atoms with E-state index in [1.165, 1.54) is 32.1 Å². The van der Waals surface area contributed by atoms with E-state index in [2.05, 4.69) is 50.0 Å². The summed E-state index contributed by atoms with van der Waals surface area (Å²) in [6, 6.07) is 0. The summed E-state index contributed by atoms with van der Waals surface area (Å²) < 4.78 is 23.1. The number of esters is 2. The molecule has 8 heteroatoms. The fourth-order valence-electron chi connectivity index (χ4n) is 6.11. The molecule has 312 valence electrons. The van der Waals surface area contributed by atoms with Gasteiger partial charge in [-0.2, -0.15) is 0 Å². The van der Waals surface area contributed by atoms with Crippen molar-refractivity contribution in [2.75, 3.05) is 52.7 Å². The Kier molecular flexibility index (Phi) is 41.6. The number of hydrogen-bond donors (Lipinski definition) is 1. The van der Waals surface area contributed by atoms with Crippen molar-refractivity contribution < 1.29 is 33.6 Å². The predicted molar refractivity (Wildman–Crippen MR) is 221 cm³/mol. The monoisotopic (exact) mass is 752 g/mol. The smallest absolute Gasteiger partial charge is 0.305 e. The fraction of sp³-hybridized carbons (Fsp3) is 0.867. The molecule has 0 saturated carbocycles. The highest BCUT2D eigenvalue weighted by Crippen LogP contribution is 2.12. The van der Waals surface area contributed by atoms with E-state index in [-0.39, 0.29) is 24.8 Å². The minimum absolute atomic E-state index is 0.0531. The number of carbonyl (C=O) groups is 2. The lowest BCUT2D eigenvalue weighted by Gasteiger charge is -2.22. The number of nitrogens with zero attached hydrogens (tertiary/aromatic N) is 1. The molecule has 0 aromatic carbocycles. The fourth-order valence-corrected chi connectivity index (χ4v) is 6.11. The van der Waals surface area contributed by atoms with Crippen LogP contribution in [-0.2, 0) is 28.5 Å². The Morgan fingerprint density at radius 2 is 0.962 bits per heavy atom. The zero-order chi connectivity index (χ0) is 38.7. The Morgan fingerprint density at radius 1 is 0.509 bits per heavy atom. The molecule has 0 atom stereocenters. The highest BCUT2D eigenvalue weighted by atomic mass is 16.7. The van der Waals surface area contributed by atoms with Crippen LogP contribution >= 0.6 is 0 Å². The molecule has 1 N–H and O–H groups in total. The van der Waals surface area contributed by atoms with Crippen LogP contribution in [0.15, 0.2) is 24.3 Å². The summed E-state index contributed by atoms with van der Waals surface area (Å²) in [5.74, 6) is -0.226. The van der Waals surface area contributed by atoms with Gasteiger partial charge in [-0.05, 0) is 116 Å². The summed E-state index contributed by atoms with van der Waals surface area (Å²) in [7, 11) is 0. The van der Waals surface area contributed by atoms with E-state index in [1.807, 2.05) is 0 Å². The zero-order valence-corrected chi connectivity index (χ0v) is 35.0. The van der Waals surface area contributed by atoms with Crippen LogP contribution in [0.3, 0.4) is 0 Å². The summed E-state index contributed by atoms with van der Waals surface area (Å²) in [6.07, 6.45) is 35.8. The average Bonchev–Trinajstić information content (AvgIpc) is 3.16. The van der Waals surface area contributed by atoms with E-state index < -0.39 is 0 Å². The number of aliphatic hydroxyl groups is 1.